The largest absolute Gasteiger partial charge is 0.370 e. The fourth-order valence-electron chi connectivity index (χ4n) is 3.94. The molecule has 140 valence electrons. The minimum atomic E-state index is 0.309. The number of amides is 1. The maximum absolute atomic E-state index is 12.6. The van der Waals surface area contributed by atoms with Crippen molar-refractivity contribution in [2.75, 3.05) is 50.7 Å². The first-order chi connectivity index (χ1) is 12.6. The number of likely N-dealkylation sites (N-methyl/N-ethyl adjacent to an activating group) is 1. The third-order valence-electron chi connectivity index (χ3n) is 5.67. The highest BCUT2D eigenvalue weighted by atomic mass is 35.5. The third-order valence-corrected chi connectivity index (χ3v) is 5.90. The zero-order valence-corrected chi connectivity index (χ0v) is 16.2. The van der Waals surface area contributed by atoms with E-state index < -0.39 is 0 Å². The summed E-state index contributed by atoms with van der Waals surface area (Å²) in [4.78, 5) is 19.3. The van der Waals surface area contributed by atoms with Gasteiger partial charge in [-0.3, -0.25) is 4.79 Å². The van der Waals surface area contributed by atoms with E-state index >= 15 is 0 Å². The van der Waals surface area contributed by atoms with E-state index in [1.54, 1.807) is 6.07 Å². The fourth-order valence-corrected chi connectivity index (χ4v) is 4.11. The number of piperazine rings is 1. The van der Waals surface area contributed by atoms with E-state index in [0.29, 0.717) is 28.8 Å². The van der Waals surface area contributed by atoms with Crippen molar-refractivity contribution in [3.05, 3.63) is 28.8 Å². The molecule has 5 nitrogen and oxygen atoms in total. The molecule has 1 aromatic rings. The predicted octanol–water partition coefficient (Wildman–Crippen LogP) is 2.98. The summed E-state index contributed by atoms with van der Waals surface area (Å²) in [7, 11) is 0. The van der Waals surface area contributed by atoms with Crippen LogP contribution >= 0.6 is 11.6 Å². The van der Waals surface area contributed by atoms with Gasteiger partial charge >= 0.3 is 0 Å². The molecule has 0 radical (unpaired) electrons. The molecule has 2 aliphatic heterocycles. The molecule has 2 fully saturated rings. The smallest absolute Gasteiger partial charge is 0.222 e. The van der Waals surface area contributed by atoms with E-state index in [-0.39, 0.29) is 0 Å². The van der Waals surface area contributed by atoms with Gasteiger partial charge in [-0.15, -0.1) is 0 Å². The molecule has 0 aliphatic carbocycles. The minimum Gasteiger partial charge on any atom is -0.370 e. The lowest BCUT2D eigenvalue weighted by molar-refractivity contribution is -0.134. The Morgan fingerprint density at radius 3 is 2.50 bits per heavy atom. The average Bonchev–Trinajstić information content (AvgIpc) is 2.68. The number of benzene rings is 1. The second-order valence-corrected chi connectivity index (χ2v) is 7.66. The maximum Gasteiger partial charge on any atom is 0.222 e. The number of nitriles is 1. The van der Waals surface area contributed by atoms with Gasteiger partial charge in [0, 0.05) is 50.7 Å². The third kappa shape index (κ3) is 4.49. The number of carbonyl (C=O) groups excluding carboxylic acids is 1. The number of nitrogens with zero attached hydrogens (tertiary/aromatic N) is 4. The molecule has 3 rings (SSSR count). The summed E-state index contributed by atoms with van der Waals surface area (Å²) in [6, 6.07) is 7.73. The van der Waals surface area contributed by atoms with Gasteiger partial charge in [0.05, 0.1) is 11.3 Å². The van der Waals surface area contributed by atoms with Gasteiger partial charge in [0.25, 0.3) is 0 Å². The van der Waals surface area contributed by atoms with Gasteiger partial charge in [-0.2, -0.15) is 5.26 Å². The van der Waals surface area contributed by atoms with Crippen molar-refractivity contribution in [2.24, 2.45) is 5.92 Å². The Morgan fingerprint density at radius 1 is 1.19 bits per heavy atom. The van der Waals surface area contributed by atoms with Crippen LogP contribution in [-0.2, 0) is 4.79 Å². The molecule has 2 aliphatic rings. The summed E-state index contributed by atoms with van der Waals surface area (Å²) >= 11 is 5.99. The van der Waals surface area contributed by atoms with Gasteiger partial charge in [0.1, 0.15) is 6.07 Å². The molecule has 26 heavy (non-hydrogen) atoms. The molecular formula is C20H27ClN4O. The number of piperidine rings is 1. The highest BCUT2D eigenvalue weighted by Crippen LogP contribution is 2.29. The van der Waals surface area contributed by atoms with E-state index in [0.717, 1.165) is 64.3 Å². The number of anilines is 1. The summed E-state index contributed by atoms with van der Waals surface area (Å²) in [5.74, 6) is 0.754. The lowest BCUT2D eigenvalue weighted by Gasteiger charge is -2.37. The SMILES string of the molecule is CCN1CCN(C(=O)CC2CCN(c3ccc(Cl)cc3C#N)CC2)CC1. The molecule has 0 spiro atoms. The van der Waals surface area contributed by atoms with Crippen molar-refractivity contribution < 1.29 is 4.79 Å². The summed E-state index contributed by atoms with van der Waals surface area (Å²) in [5, 5.41) is 9.93. The van der Waals surface area contributed by atoms with Gasteiger partial charge in [-0.05, 0) is 43.5 Å². The Kier molecular flexibility index (Phi) is 6.39. The normalized spacial score (nSPS) is 19.4. The molecule has 1 amide bonds. The van der Waals surface area contributed by atoms with Crippen LogP contribution in [-0.4, -0.2) is 61.5 Å². The van der Waals surface area contributed by atoms with Gasteiger partial charge in [0.15, 0.2) is 0 Å². The Labute approximate surface area is 161 Å². The molecule has 0 unspecified atom stereocenters. The van der Waals surface area contributed by atoms with Crippen LogP contribution in [0.15, 0.2) is 18.2 Å². The zero-order valence-electron chi connectivity index (χ0n) is 15.5. The lowest BCUT2D eigenvalue weighted by atomic mass is 9.92. The van der Waals surface area contributed by atoms with Gasteiger partial charge in [-0.25, -0.2) is 0 Å². The van der Waals surface area contributed by atoms with E-state index in [1.165, 1.54) is 0 Å². The molecule has 0 N–H and O–H groups in total. The van der Waals surface area contributed by atoms with Crippen LogP contribution in [0.2, 0.25) is 5.02 Å². The Bertz CT molecular complexity index is 671. The van der Waals surface area contributed by atoms with Gasteiger partial charge in [-0.1, -0.05) is 18.5 Å². The second kappa shape index (κ2) is 8.75. The average molecular weight is 375 g/mol. The van der Waals surface area contributed by atoms with Crippen LogP contribution in [0.4, 0.5) is 5.69 Å². The number of rotatable bonds is 4. The topological polar surface area (TPSA) is 50.6 Å². The molecule has 0 bridgehead atoms. The molecule has 0 atom stereocenters. The zero-order chi connectivity index (χ0) is 18.5. The first kappa shape index (κ1) is 19.0. The van der Waals surface area contributed by atoms with Crippen molar-refractivity contribution >= 4 is 23.2 Å². The first-order valence-corrected chi connectivity index (χ1v) is 9.93. The van der Waals surface area contributed by atoms with Gasteiger partial charge < -0.3 is 14.7 Å². The van der Waals surface area contributed by atoms with E-state index in [1.807, 2.05) is 17.0 Å². The predicted molar refractivity (Wildman–Crippen MR) is 104 cm³/mol. The quantitative estimate of drug-likeness (QED) is 0.813. The number of hydrogen-bond donors (Lipinski definition) is 0. The summed E-state index contributed by atoms with van der Waals surface area (Å²) < 4.78 is 0. The van der Waals surface area contributed by atoms with Crippen molar-refractivity contribution in [3.8, 4) is 6.07 Å². The molecule has 0 aromatic heterocycles. The van der Waals surface area contributed by atoms with Crippen LogP contribution < -0.4 is 4.90 Å². The molecule has 1 aromatic carbocycles. The van der Waals surface area contributed by atoms with E-state index in [9.17, 15) is 10.1 Å². The van der Waals surface area contributed by atoms with Crippen LogP contribution in [0, 0.1) is 17.2 Å². The van der Waals surface area contributed by atoms with Crippen LogP contribution in [0.5, 0.6) is 0 Å². The lowest BCUT2D eigenvalue weighted by Crippen LogP contribution is -2.49. The molecular weight excluding hydrogens is 348 g/mol. The fraction of sp³-hybridized carbons (Fsp3) is 0.600. The summed E-state index contributed by atoms with van der Waals surface area (Å²) in [6.45, 7) is 8.72. The summed E-state index contributed by atoms with van der Waals surface area (Å²) in [5.41, 5.74) is 1.58. The Morgan fingerprint density at radius 2 is 1.88 bits per heavy atom. The minimum absolute atomic E-state index is 0.309. The van der Waals surface area contributed by atoms with Crippen LogP contribution in [0.1, 0.15) is 31.7 Å². The first-order valence-electron chi connectivity index (χ1n) is 9.55. The van der Waals surface area contributed by atoms with Crippen molar-refractivity contribution in [3.63, 3.8) is 0 Å². The molecule has 6 heteroatoms. The van der Waals surface area contributed by atoms with Gasteiger partial charge in [0.2, 0.25) is 5.91 Å². The molecule has 0 saturated carbocycles. The maximum atomic E-state index is 12.6. The second-order valence-electron chi connectivity index (χ2n) is 7.22. The Balaban J connectivity index is 1.50. The van der Waals surface area contributed by atoms with Crippen molar-refractivity contribution in [1.29, 1.82) is 5.26 Å². The van der Waals surface area contributed by atoms with Crippen LogP contribution in [0.3, 0.4) is 0 Å². The highest BCUT2D eigenvalue weighted by Gasteiger charge is 2.26. The summed E-state index contributed by atoms with van der Waals surface area (Å²) in [6.07, 6.45) is 2.65. The van der Waals surface area contributed by atoms with Crippen molar-refractivity contribution in [2.45, 2.75) is 26.2 Å². The Hall–Kier alpha value is -1.77. The number of carbonyl (C=O) groups is 1. The molecule has 2 saturated heterocycles. The standard InChI is InChI=1S/C20H27ClN4O/c1-2-23-9-11-25(12-10-23)20(26)13-16-5-7-24(8-6-16)19-4-3-18(21)14-17(19)15-22/h3-4,14,16H,2,5-13H2,1H3. The van der Waals surface area contributed by atoms with Crippen molar-refractivity contribution in [1.82, 2.24) is 9.80 Å². The van der Waals surface area contributed by atoms with E-state index in [2.05, 4.69) is 22.8 Å². The van der Waals surface area contributed by atoms with Crippen LogP contribution in [0.25, 0.3) is 0 Å². The molecule has 2 heterocycles. The highest BCUT2D eigenvalue weighted by molar-refractivity contribution is 6.30. The number of hydrogen-bond acceptors (Lipinski definition) is 4. The van der Waals surface area contributed by atoms with E-state index in [4.69, 9.17) is 11.6 Å². The number of halogens is 1. The monoisotopic (exact) mass is 374 g/mol.